The molecular formula is C18H17BrN2O6. The Morgan fingerprint density at radius 1 is 1.33 bits per heavy atom. The third-order valence-corrected chi connectivity index (χ3v) is 4.14. The van der Waals surface area contributed by atoms with Crippen molar-refractivity contribution >= 4 is 39.9 Å². The van der Waals surface area contributed by atoms with Crippen molar-refractivity contribution in [1.29, 1.82) is 0 Å². The fourth-order valence-corrected chi connectivity index (χ4v) is 2.66. The Balaban J connectivity index is 2.34. The molecule has 0 radical (unpaired) electrons. The number of rotatable bonds is 7. The number of carbonyl (C=O) groups is 3. The molecule has 1 heterocycles. The average Bonchev–Trinajstić information content (AvgIpc) is 2.90. The summed E-state index contributed by atoms with van der Waals surface area (Å²) >= 11 is 3.39. The molecule has 1 aromatic rings. The Morgan fingerprint density at radius 3 is 2.67 bits per heavy atom. The number of esters is 1. The lowest BCUT2D eigenvalue weighted by atomic mass is 10.1. The first kappa shape index (κ1) is 20.3. The van der Waals surface area contributed by atoms with Gasteiger partial charge in [0.25, 0.3) is 5.91 Å². The van der Waals surface area contributed by atoms with E-state index in [1.54, 1.807) is 12.1 Å². The van der Waals surface area contributed by atoms with Crippen molar-refractivity contribution in [2.45, 2.75) is 6.92 Å². The van der Waals surface area contributed by atoms with E-state index in [0.29, 0.717) is 28.1 Å². The highest BCUT2D eigenvalue weighted by atomic mass is 79.9. The van der Waals surface area contributed by atoms with Gasteiger partial charge in [-0.2, -0.15) is 0 Å². The van der Waals surface area contributed by atoms with Gasteiger partial charge >= 0.3 is 12.0 Å². The lowest BCUT2D eigenvalue weighted by Crippen LogP contribution is -2.36. The summed E-state index contributed by atoms with van der Waals surface area (Å²) in [5.74, 6) is 1.92. The molecular weight excluding hydrogens is 420 g/mol. The van der Waals surface area contributed by atoms with Crippen molar-refractivity contribution in [3.8, 4) is 23.8 Å². The molecule has 0 unspecified atom stereocenters. The summed E-state index contributed by atoms with van der Waals surface area (Å²) in [6, 6.07) is 2.60. The zero-order valence-electron chi connectivity index (χ0n) is 14.7. The van der Waals surface area contributed by atoms with Crippen molar-refractivity contribution in [3.05, 3.63) is 27.9 Å². The first-order chi connectivity index (χ1) is 12.9. The number of benzene rings is 1. The number of nitrogens with zero attached hydrogens (tertiary/aromatic N) is 1. The Labute approximate surface area is 164 Å². The van der Waals surface area contributed by atoms with Gasteiger partial charge in [0.15, 0.2) is 11.5 Å². The van der Waals surface area contributed by atoms with E-state index >= 15 is 0 Å². The van der Waals surface area contributed by atoms with E-state index in [9.17, 15) is 14.4 Å². The van der Waals surface area contributed by atoms with E-state index in [4.69, 9.17) is 15.9 Å². The van der Waals surface area contributed by atoms with Crippen LogP contribution in [0.3, 0.4) is 0 Å². The number of ether oxygens (including phenoxy) is 3. The van der Waals surface area contributed by atoms with Gasteiger partial charge in [-0.3, -0.25) is 9.59 Å². The summed E-state index contributed by atoms with van der Waals surface area (Å²) in [5, 5.41) is 2.43. The molecule has 0 spiro atoms. The molecule has 0 atom stereocenters. The van der Waals surface area contributed by atoms with Crippen LogP contribution in [-0.4, -0.2) is 49.7 Å². The molecule has 2 rings (SSSR count). The molecule has 1 saturated heterocycles. The molecule has 1 fully saturated rings. The van der Waals surface area contributed by atoms with Crippen molar-refractivity contribution in [2.75, 3.05) is 26.9 Å². The summed E-state index contributed by atoms with van der Waals surface area (Å²) < 4.78 is 16.1. The molecule has 9 heteroatoms. The van der Waals surface area contributed by atoms with Gasteiger partial charge in [0.2, 0.25) is 0 Å². The average molecular weight is 437 g/mol. The molecule has 8 nitrogen and oxygen atoms in total. The van der Waals surface area contributed by atoms with Gasteiger partial charge in [0, 0.05) is 4.47 Å². The van der Waals surface area contributed by atoms with E-state index in [2.05, 4.69) is 31.9 Å². The SMILES string of the molecule is C#CCOc1cc(Br)c(/C=C2/NC(=O)N(CC(=O)OC)C2=O)cc1OCC. The molecule has 1 aliphatic rings. The highest BCUT2D eigenvalue weighted by Gasteiger charge is 2.35. The van der Waals surface area contributed by atoms with E-state index in [1.807, 2.05) is 6.92 Å². The second-order valence-electron chi connectivity index (χ2n) is 5.20. The predicted octanol–water partition coefficient (Wildman–Crippen LogP) is 1.93. The summed E-state index contributed by atoms with van der Waals surface area (Å²) in [6.45, 7) is 1.82. The van der Waals surface area contributed by atoms with Gasteiger partial charge in [-0.1, -0.05) is 21.9 Å². The van der Waals surface area contributed by atoms with E-state index in [-0.39, 0.29) is 12.3 Å². The summed E-state index contributed by atoms with van der Waals surface area (Å²) in [5.41, 5.74) is 0.583. The first-order valence-electron chi connectivity index (χ1n) is 7.85. The number of imide groups is 1. The number of terminal acetylenes is 1. The number of hydrogen-bond donors (Lipinski definition) is 1. The maximum absolute atomic E-state index is 12.4. The van der Waals surface area contributed by atoms with Crippen LogP contribution in [0.25, 0.3) is 6.08 Å². The smallest absolute Gasteiger partial charge is 0.329 e. The second-order valence-corrected chi connectivity index (χ2v) is 6.06. The van der Waals surface area contributed by atoms with Crippen molar-refractivity contribution in [3.63, 3.8) is 0 Å². The topological polar surface area (TPSA) is 94.2 Å². The summed E-state index contributed by atoms with van der Waals surface area (Å²) in [7, 11) is 1.17. The Morgan fingerprint density at radius 2 is 2.04 bits per heavy atom. The van der Waals surface area contributed by atoms with Gasteiger partial charge in [0.05, 0.1) is 13.7 Å². The van der Waals surface area contributed by atoms with Crippen LogP contribution in [-0.2, 0) is 14.3 Å². The lowest BCUT2D eigenvalue weighted by molar-refractivity contribution is -0.143. The number of methoxy groups -OCH3 is 1. The highest BCUT2D eigenvalue weighted by Crippen LogP contribution is 2.35. The van der Waals surface area contributed by atoms with E-state index in [1.165, 1.54) is 13.2 Å². The molecule has 142 valence electrons. The van der Waals surface area contributed by atoms with Crippen LogP contribution >= 0.6 is 15.9 Å². The van der Waals surface area contributed by atoms with Crippen LogP contribution < -0.4 is 14.8 Å². The van der Waals surface area contributed by atoms with Gasteiger partial charge in [0.1, 0.15) is 18.8 Å². The molecule has 0 aliphatic carbocycles. The van der Waals surface area contributed by atoms with Crippen LogP contribution in [0, 0.1) is 12.3 Å². The Bertz CT molecular complexity index is 843. The van der Waals surface area contributed by atoms with Crippen LogP contribution in [0.15, 0.2) is 22.3 Å². The molecule has 1 N–H and O–H groups in total. The first-order valence-corrected chi connectivity index (χ1v) is 8.64. The molecule has 3 amide bonds. The zero-order valence-corrected chi connectivity index (χ0v) is 16.3. The molecule has 1 aliphatic heterocycles. The Kier molecular flexibility index (Phi) is 6.85. The molecule has 0 bridgehead atoms. The van der Waals surface area contributed by atoms with Crippen LogP contribution in [0.1, 0.15) is 12.5 Å². The quantitative estimate of drug-likeness (QED) is 0.303. The number of carbonyl (C=O) groups excluding carboxylic acids is 3. The predicted molar refractivity (Wildman–Crippen MR) is 99.9 cm³/mol. The second kappa shape index (κ2) is 9.09. The third-order valence-electron chi connectivity index (χ3n) is 3.45. The standard InChI is InChI=1S/C18H17BrN2O6/c1-4-6-27-15-9-12(19)11(8-14(15)26-5-2)7-13-17(23)21(18(24)20-13)10-16(22)25-3/h1,7-9H,5-6,10H2,2-3H3,(H,20,24)/b13-7+. The largest absolute Gasteiger partial charge is 0.490 e. The minimum atomic E-state index is -0.702. The van der Waals surface area contributed by atoms with Gasteiger partial charge in [-0.15, -0.1) is 6.42 Å². The minimum Gasteiger partial charge on any atom is -0.490 e. The number of nitrogens with one attached hydrogen (secondary N) is 1. The van der Waals surface area contributed by atoms with Crippen molar-refractivity contribution in [2.24, 2.45) is 0 Å². The fraction of sp³-hybridized carbons (Fsp3) is 0.278. The number of hydrogen-bond acceptors (Lipinski definition) is 6. The summed E-state index contributed by atoms with van der Waals surface area (Å²) in [6.07, 6.45) is 6.68. The number of amides is 3. The van der Waals surface area contributed by atoms with Crippen LogP contribution in [0.5, 0.6) is 11.5 Å². The van der Waals surface area contributed by atoms with Crippen molar-refractivity contribution < 1.29 is 28.6 Å². The lowest BCUT2D eigenvalue weighted by Gasteiger charge is -2.13. The Hall–Kier alpha value is -2.99. The summed E-state index contributed by atoms with van der Waals surface area (Å²) in [4.78, 5) is 36.4. The van der Waals surface area contributed by atoms with Gasteiger partial charge in [-0.25, -0.2) is 9.69 Å². The fourth-order valence-electron chi connectivity index (χ4n) is 2.23. The monoisotopic (exact) mass is 436 g/mol. The van der Waals surface area contributed by atoms with E-state index < -0.39 is 24.5 Å². The van der Waals surface area contributed by atoms with Gasteiger partial charge < -0.3 is 19.5 Å². The van der Waals surface area contributed by atoms with Crippen LogP contribution in [0.4, 0.5) is 4.79 Å². The maximum atomic E-state index is 12.4. The highest BCUT2D eigenvalue weighted by molar-refractivity contribution is 9.10. The third kappa shape index (κ3) is 4.80. The molecule has 27 heavy (non-hydrogen) atoms. The normalized spacial score (nSPS) is 14.7. The maximum Gasteiger partial charge on any atom is 0.329 e. The van der Waals surface area contributed by atoms with Gasteiger partial charge in [-0.05, 0) is 30.7 Å². The zero-order chi connectivity index (χ0) is 20.0. The minimum absolute atomic E-state index is 0.0179. The number of halogens is 1. The van der Waals surface area contributed by atoms with Crippen LogP contribution in [0.2, 0.25) is 0 Å². The molecule has 0 aromatic heterocycles. The van der Waals surface area contributed by atoms with Crippen molar-refractivity contribution in [1.82, 2.24) is 10.2 Å². The molecule has 0 saturated carbocycles. The molecule has 1 aromatic carbocycles. The number of urea groups is 1. The van der Waals surface area contributed by atoms with E-state index in [0.717, 1.165) is 4.90 Å².